The lowest BCUT2D eigenvalue weighted by Crippen LogP contribution is -2.26. The predicted molar refractivity (Wildman–Crippen MR) is 98.6 cm³/mol. The van der Waals surface area contributed by atoms with Crippen LogP contribution < -0.4 is 10.1 Å². The smallest absolute Gasteiger partial charge is 0.253 e. The van der Waals surface area contributed by atoms with Crippen LogP contribution in [-0.2, 0) is 0 Å². The van der Waals surface area contributed by atoms with Crippen molar-refractivity contribution < 1.29 is 9.53 Å². The van der Waals surface area contributed by atoms with Gasteiger partial charge in [-0.3, -0.25) is 9.78 Å². The van der Waals surface area contributed by atoms with Gasteiger partial charge in [0.25, 0.3) is 5.91 Å². The molecule has 2 aromatic heterocycles. The lowest BCUT2D eigenvalue weighted by Gasteiger charge is -2.14. The monoisotopic (exact) mass is 397 g/mol. The van der Waals surface area contributed by atoms with E-state index in [-0.39, 0.29) is 11.9 Å². The molecule has 0 saturated carbocycles. The minimum Gasteiger partial charge on any atom is -0.439 e. The molecular formula is C19H16BrN3O2. The number of carbonyl (C=O) groups excluding carboxylic acids is 1. The molecule has 0 saturated heterocycles. The molecule has 0 spiro atoms. The Labute approximate surface area is 154 Å². The van der Waals surface area contributed by atoms with Crippen molar-refractivity contribution in [2.24, 2.45) is 0 Å². The molecule has 1 amide bonds. The van der Waals surface area contributed by atoms with E-state index in [4.69, 9.17) is 4.74 Å². The first-order valence-corrected chi connectivity index (χ1v) is 8.51. The summed E-state index contributed by atoms with van der Waals surface area (Å²) in [5.41, 5.74) is 1.47. The summed E-state index contributed by atoms with van der Waals surface area (Å²) in [6, 6.07) is 14.4. The Morgan fingerprint density at radius 2 is 1.80 bits per heavy atom. The highest BCUT2D eigenvalue weighted by atomic mass is 79.9. The van der Waals surface area contributed by atoms with Crippen LogP contribution in [0.3, 0.4) is 0 Å². The lowest BCUT2D eigenvalue weighted by molar-refractivity contribution is 0.0939. The average Bonchev–Trinajstić information content (AvgIpc) is 2.65. The van der Waals surface area contributed by atoms with E-state index in [0.29, 0.717) is 17.2 Å². The Balaban J connectivity index is 1.63. The highest BCUT2D eigenvalue weighted by molar-refractivity contribution is 9.10. The van der Waals surface area contributed by atoms with E-state index in [1.54, 1.807) is 24.5 Å². The van der Waals surface area contributed by atoms with Crippen molar-refractivity contribution in [2.45, 2.75) is 13.0 Å². The van der Waals surface area contributed by atoms with E-state index in [1.165, 1.54) is 6.20 Å². The maximum Gasteiger partial charge on any atom is 0.253 e. The van der Waals surface area contributed by atoms with Crippen molar-refractivity contribution in [3.05, 3.63) is 82.7 Å². The number of benzene rings is 1. The van der Waals surface area contributed by atoms with Gasteiger partial charge in [-0.15, -0.1) is 0 Å². The SMILES string of the molecule is C[C@@H](NC(=O)c1ccc(Oc2ccc(Br)cc2)nc1)c1ccncc1. The number of carbonyl (C=O) groups is 1. The standard InChI is InChI=1S/C19H16BrN3O2/c1-13(14-8-10-21-11-9-14)23-19(24)15-2-7-18(22-12-15)25-17-5-3-16(20)4-6-17/h2-13H,1H3,(H,23,24)/t13-/m1/s1. The molecule has 1 aromatic carbocycles. The van der Waals surface area contributed by atoms with Crippen LogP contribution in [0.4, 0.5) is 0 Å². The molecule has 0 aliphatic heterocycles. The van der Waals surface area contributed by atoms with Crippen molar-refractivity contribution in [2.75, 3.05) is 0 Å². The van der Waals surface area contributed by atoms with Crippen molar-refractivity contribution >= 4 is 21.8 Å². The molecule has 6 heteroatoms. The van der Waals surface area contributed by atoms with Gasteiger partial charge >= 0.3 is 0 Å². The number of hydrogen-bond donors (Lipinski definition) is 1. The van der Waals surface area contributed by atoms with Gasteiger partial charge in [-0.1, -0.05) is 15.9 Å². The van der Waals surface area contributed by atoms with Gasteiger partial charge in [-0.25, -0.2) is 4.98 Å². The van der Waals surface area contributed by atoms with Gasteiger partial charge in [0, 0.05) is 29.1 Å². The number of rotatable bonds is 5. The number of amides is 1. The molecule has 0 aliphatic carbocycles. The van der Waals surface area contributed by atoms with E-state index in [0.717, 1.165) is 10.0 Å². The van der Waals surface area contributed by atoms with E-state index >= 15 is 0 Å². The minimum atomic E-state index is -0.188. The van der Waals surface area contributed by atoms with Gasteiger partial charge in [0.15, 0.2) is 0 Å². The van der Waals surface area contributed by atoms with Crippen LogP contribution in [0.5, 0.6) is 11.6 Å². The van der Waals surface area contributed by atoms with E-state index in [9.17, 15) is 4.79 Å². The Morgan fingerprint density at radius 3 is 2.44 bits per heavy atom. The summed E-state index contributed by atoms with van der Waals surface area (Å²) < 4.78 is 6.62. The van der Waals surface area contributed by atoms with E-state index in [2.05, 4.69) is 31.2 Å². The van der Waals surface area contributed by atoms with Crippen LogP contribution in [0.15, 0.2) is 71.6 Å². The Morgan fingerprint density at radius 1 is 1.08 bits per heavy atom. The van der Waals surface area contributed by atoms with Crippen LogP contribution >= 0.6 is 15.9 Å². The van der Waals surface area contributed by atoms with Crippen LogP contribution in [-0.4, -0.2) is 15.9 Å². The molecule has 25 heavy (non-hydrogen) atoms. The molecule has 1 atom stereocenters. The van der Waals surface area contributed by atoms with Gasteiger partial charge < -0.3 is 10.1 Å². The maximum absolute atomic E-state index is 12.3. The highest BCUT2D eigenvalue weighted by Crippen LogP contribution is 2.22. The number of halogens is 1. The minimum absolute atomic E-state index is 0.116. The van der Waals surface area contributed by atoms with Gasteiger partial charge in [-0.2, -0.15) is 0 Å². The molecule has 3 rings (SSSR count). The molecule has 1 N–H and O–H groups in total. The lowest BCUT2D eigenvalue weighted by atomic mass is 10.1. The molecule has 3 aromatic rings. The van der Waals surface area contributed by atoms with Crippen molar-refractivity contribution in [1.82, 2.24) is 15.3 Å². The molecule has 2 heterocycles. The van der Waals surface area contributed by atoms with Crippen molar-refractivity contribution in [3.63, 3.8) is 0 Å². The fourth-order valence-corrected chi connectivity index (χ4v) is 2.48. The first-order chi connectivity index (χ1) is 12.1. The van der Waals surface area contributed by atoms with Crippen LogP contribution in [0.25, 0.3) is 0 Å². The predicted octanol–water partition coefficient (Wildman–Crippen LogP) is 4.52. The largest absolute Gasteiger partial charge is 0.439 e. The molecular weight excluding hydrogens is 382 g/mol. The normalized spacial score (nSPS) is 11.6. The quantitative estimate of drug-likeness (QED) is 0.686. The molecule has 0 radical (unpaired) electrons. The van der Waals surface area contributed by atoms with Gasteiger partial charge in [-0.05, 0) is 55.0 Å². The fourth-order valence-electron chi connectivity index (χ4n) is 2.21. The summed E-state index contributed by atoms with van der Waals surface area (Å²) in [6.45, 7) is 1.92. The van der Waals surface area contributed by atoms with Gasteiger partial charge in [0.05, 0.1) is 11.6 Å². The molecule has 0 aliphatic rings. The maximum atomic E-state index is 12.3. The number of hydrogen-bond acceptors (Lipinski definition) is 4. The zero-order chi connectivity index (χ0) is 17.6. The fraction of sp³-hybridized carbons (Fsp3) is 0.105. The van der Waals surface area contributed by atoms with Gasteiger partial charge in [0.2, 0.25) is 5.88 Å². The summed E-state index contributed by atoms with van der Waals surface area (Å²) in [5.74, 6) is 0.923. The van der Waals surface area contributed by atoms with E-state index in [1.807, 2.05) is 43.3 Å². The number of pyridine rings is 2. The van der Waals surface area contributed by atoms with Crippen LogP contribution in [0, 0.1) is 0 Å². The summed E-state index contributed by atoms with van der Waals surface area (Å²) in [4.78, 5) is 20.5. The molecule has 0 fully saturated rings. The number of aromatic nitrogens is 2. The van der Waals surface area contributed by atoms with Crippen LogP contribution in [0.1, 0.15) is 28.9 Å². The summed E-state index contributed by atoms with van der Waals surface area (Å²) in [6.07, 6.45) is 4.91. The topological polar surface area (TPSA) is 64.1 Å². The van der Waals surface area contributed by atoms with Crippen molar-refractivity contribution in [1.29, 1.82) is 0 Å². The third-order valence-electron chi connectivity index (χ3n) is 3.59. The Hall–Kier alpha value is -2.73. The second-order valence-electron chi connectivity index (χ2n) is 5.42. The summed E-state index contributed by atoms with van der Waals surface area (Å²) in [7, 11) is 0. The third kappa shape index (κ3) is 4.64. The number of ether oxygens (including phenoxy) is 1. The first kappa shape index (κ1) is 17.1. The Kier molecular flexibility index (Phi) is 5.40. The van der Waals surface area contributed by atoms with Crippen molar-refractivity contribution in [3.8, 4) is 11.6 Å². The summed E-state index contributed by atoms with van der Waals surface area (Å²) in [5, 5.41) is 2.94. The first-order valence-electron chi connectivity index (χ1n) is 7.72. The highest BCUT2D eigenvalue weighted by Gasteiger charge is 2.12. The number of nitrogens with zero attached hydrogens (tertiary/aromatic N) is 2. The molecule has 0 bridgehead atoms. The van der Waals surface area contributed by atoms with Gasteiger partial charge in [0.1, 0.15) is 5.75 Å². The third-order valence-corrected chi connectivity index (χ3v) is 4.12. The second kappa shape index (κ2) is 7.90. The number of nitrogens with one attached hydrogen (secondary N) is 1. The zero-order valence-electron chi connectivity index (χ0n) is 13.5. The zero-order valence-corrected chi connectivity index (χ0v) is 15.1. The Bertz CT molecular complexity index is 837. The average molecular weight is 398 g/mol. The molecule has 126 valence electrons. The molecule has 5 nitrogen and oxygen atoms in total. The van der Waals surface area contributed by atoms with Crippen LogP contribution in [0.2, 0.25) is 0 Å². The second-order valence-corrected chi connectivity index (χ2v) is 6.33. The van der Waals surface area contributed by atoms with E-state index < -0.39 is 0 Å². The molecule has 0 unspecified atom stereocenters. The summed E-state index contributed by atoms with van der Waals surface area (Å²) >= 11 is 3.37.